The molecule has 1 aromatic carbocycles. The first kappa shape index (κ1) is 13.9. The van der Waals surface area contributed by atoms with E-state index in [1.807, 2.05) is 47.9 Å². The monoisotopic (exact) mass is 293 g/mol. The van der Waals surface area contributed by atoms with Gasteiger partial charge in [-0.1, -0.05) is 12.1 Å². The first-order valence-electron chi connectivity index (χ1n) is 6.88. The van der Waals surface area contributed by atoms with Crippen molar-refractivity contribution in [2.75, 3.05) is 0 Å². The average Bonchev–Trinajstić information content (AvgIpc) is 2.84. The van der Waals surface area contributed by atoms with E-state index in [2.05, 4.69) is 20.5 Å². The number of rotatable bonds is 4. The zero-order valence-electron chi connectivity index (χ0n) is 12.1. The SMILES string of the molecule is Cc1nc2ccccc2n1CC(=O)N/N=C/c1ccncc1. The number of benzene rings is 1. The number of hydrazone groups is 1. The first-order valence-corrected chi connectivity index (χ1v) is 6.88. The molecule has 2 aromatic heterocycles. The van der Waals surface area contributed by atoms with Crippen LogP contribution in [0.25, 0.3) is 11.0 Å². The molecule has 0 bridgehead atoms. The summed E-state index contributed by atoms with van der Waals surface area (Å²) in [6, 6.07) is 11.4. The smallest absolute Gasteiger partial charge is 0.260 e. The summed E-state index contributed by atoms with van der Waals surface area (Å²) in [6.45, 7) is 2.06. The van der Waals surface area contributed by atoms with Gasteiger partial charge in [0.1, 0.15) is 12.4 Å². The van der Waals surface area contributed by atoms with Gasteiger partial charge in [0.05, 0.1) is 17.2 Å². The number of aryl methyl sites for hydroxylation is 1. The quantitative estimate of drug-likeness (QED) is 0.590. The van der Waals surface area contributed by atoms with Crippen molar-refractivity contribution in [1.29, 1.82) is 0 Å². The maximum absolute atomic E-state index is 12.0. The largest absolute Gasteiger partial charge is 0.319 e. The fourth-order valence-corrected chi connectivity index (χ4v) is 2.20. The summed E-state index contributed by atoms with van der Waals surface area (Å²) in [7, 11) is 0. The maximum atomic E-state index is 12.0. The van der Waals surface area contributed by atoms with Crippen LogP contribution >= 0.6 is 0 Å². The number of nitrogens with one attached hydrogen (secondary N) is 1. The zero-order chi connectivity index (χ0) is 15.4. The molecule has 1 amide bonds. The normalized spacial score (nSPS) is 11.1. The molecular weight excluding hydrogens is 278 g/mol. The molecule has 110 valence electrons. The van der Waals surface area contributed by atoms with Crippen LogP contribution in [-0.2, 0) is 11.3 Å². The molecule has 22 heavy (non-hydrogen) atoms. The minimum absolute atomic E-state index is 0.181. The van der Waals surface area contributed by atoms with Gasteiger partial charge in [-0.15, -0.1) is 0 Å². The lowest BCUT2D eigenvalue weighted by Gasteiger charge is -2.05. The van der Waals surface area contributed by atoms with E-state index in [4.69, 9.17) is 0 Å². The van der Waals surface area contributed by atoms with E-state index in [1.54, 1.807) is 18.6 Å². The first-order chi connectivity index (χ1) is 10.7. The Morgan fingerprint density at radius 3 is 2.86 bits per heavy atom. The van der Waals surface area contributed by atoms with Crippen LogP contribution in [0.1, 0.15) is 11.4 Å². The lowest BCUT2D eigenvalue weighted by molar-refractivity contribution is -0.121. The van der Waals surface area contributed by atoms with Gasteiger partial charge in [0.25, 0.3) is 5.91 Å². The van der Waals surface area contributed by atoms with Gasteiger partial charge in [0, 0.05) is 12.4 Å². The average molecular weight is 293 g/mol. The molecule has 0 aliphatic rings. The molecule has 0 fully saturated rings. The van der Waals surface area contributed by atoms with E-state index in [9.17, 15) is 4.79 Å². The van der Waals surface area contributed by atoms with Gasteiger partial charge < -0.3 is 4.57 Å². The molecule has 3 rings (SSSR count). The predicted octanol–water partition coefficient (Wildman–Crippen LogP) is 1.89. The Labute approximate surface area is 127 Å². The summed E-state index contributed by atoms with van der Waals surface area (Å²) in [5.41, 5.74) is 5.22. The van der Waals surface area contributed by atoms with Crippen LogP contribution in [0.2, 0.25) is 0 Å². The molecule has 0 aliphatic heterocycles. The zero-order valence-corrected chi connectivity index (χ0v) is 12.1. The van der Waals surface area contributed by atoms with Crippen molar-refractivity contribution in [3.8, 4) is 0 Å². The third kappa shape index (κ3) is 3.01. The lowest BCUT2D eigenvalue weighted by Crippen LogP contribution is -2.23. The van der Waals surface area contributed by atoms with Gasteiger partial charge in [-0.3, -0.25) is 9.78 Å². The maximum Gasteiger partial charge on any atom is 0.260 e. The second-order valence-corrected chi connectivity index (χ2v) is 4.81. The number of carbonyl (C=O) groups is 1. The highest BCUT2D eigenvalue weighted by atomic mass is 16.2. The summed E-state index contributed by atoms with van der Waals surface area (Å²) in [5.74, 6) is 0.603. The molecule has 0 saturated heterocycles. The van der Waals surface area contributed by atoms with Crippen LogP contribution in [0.15, 0.2) is 53.9 Å². The van der Waals surface area contributed by atoms with E-state index in [0.29, 0.717) is 0 Å². The summed E-state index contributed by atoms with van der Waals surface area (Å²) < 4.78 is 1.87. The molecule has 2 heterocycles. The second kappa shape index (κ2) is 6.17. The van der Waals surface area contributed by atoms with Gasteiger partial charge in [-0.25, -0.2) is 10.4 Å². The number of carbonyl (C=O) groups excluding carboxylic acids is 1. The molecule has 0 saturated carbocycles. The number of amides is 1. The molecule has 0 aliphatic carbocycles. The topological polar surface area (TPSA) is 72.2 Å². The Morgan fingerprint density at radius 2 is 2.05 bits per heavy atom. The third-order valence-electron chi connectivity index (χ3n) is 3.26. The number of nitrogens with zero attached hydrogens (tertiary/aromatic N) is 4. The molecule has 0 atom stereocenters. The van der Waals surface area contributed by atoms with Gasteiger partial charge >= 0.3 is 0 Å². The number of hydrogen-bond donors (Lipinski definition) is 1. The molecule has 3 aromatic rings. The van der Waals surface area contributed by atoms with E-state index in [-0.39, 0.29) is 12.5 Å². The molecule has 6 nitrogen and oxygen atoms in total. The molecule has 0 spiro atoms. The van der Waals surface area contributed by atoms with Gasteiger partial charge in [0.2, 0.25) is 0 Å². The standard InChI is InChI=1S/C16H15N5O/c1-12-19-14-4-2-3-5-15(14)21(12)11-16(22)20-18-10-13-6-8-17-9-7-13/h2-10H,11H2,1H3,(H,20,22)/b18-10+. The molecule has 0 unspecified atom stereocenters. The highest BCUT2D eigenvalue weighted by Gasteiger charge is 2.09. The van der Waals surface area contributed by atoms with E-state index in [1.165, 1.54) is 0 Å². The van der Waals surface area contributed by atoms with E-state index < -0.39 is 0 Å². The highest BCUT2D eigenvalue weighted by Crippen LogP contribution is 2.14. The van der Waals surface area contributed by atoms with Crippen LogP contribution in [0.3, 0.4) is 0 Å². The van der Waals surface area contributed by atoms with E-state index >= 15 is 0 Å². The fraction of sp³-hybridized carbons (Fsp3) is 0.125. The van der Waals surface area contributed by atoms with Gasteiger partial charge in [-0.05, 0) is 36.8 Å². The Bertz CT molecular complexity index is 823. The minimum Gasteiger partial charge on any atom is -0.319 e. The predicted molar refractivity (Wildman–Crippen MR) is 84.4 cm³/mol. The highest BCUT2D eigenvalue weighted by molar-refractivity contribution is 5.83. The molecule has 6 heteroatoms. The Kier molecular flexibility index (Phi) is 3.91. The van der Waals surface area contributed by atoms with Crippen molar-refractivity contribution in [1.82, 2.24) is 20.0 Å². The Hall–Kier alpha value is -3.02. The number of para-hydroxylation sites is 2. The lowest BCUT2D eigenvalue weighted by atomic mass is 10.3. The summed E-state index contributed by atoms with van der Waals surface area (Å²) in [5, 5.41) is 3.95. The van der Waals surface area contributed by atoms with Crippen LogP contribution in [-0.4, -0.2) is 26.7 Å². The Morgan fingerprint density at radius 1 is 1.27 bits per heavy atom. The van der Waals surface area contributed by atoms with Crippen molar-refractivity contribution in [3.05, 3.63) is 60.2 Å². The van der Waals surface area contributed by atoms with Crippen LogP contribution in [0, 0.1) is 6.92 Å². The third-order valence-corrected chi connectivity index (χ3v) is 3.26. The fourth-order valence-electron chi connectivity index (χ4n) is 2.20. The van der Waals surface area contributed by atoms with Gasteiger partial charge in [-0.2, -0.15) is 5.10 Å². The number of pyridine rings is 1. The second-order valence-electron chi connectivity index (χ2n) is 4.81. The van der Waals surface area contributed by atoms with Crippen molar-refractivity contribution < 1.29 is 4.79 Å². The van der Waals surface area contributed by atoms with Crippen LogP contribution in [0.5, 0.6) is 0 Å². The number of fused-ring (bicyclic) bond motifs is 1. The Balaban J connectivity index is 1.69. The van der Waals surface area contributed by atoms with Crippen molar-refractivity contribution in [2.24, 2.45) is 5.10 Å². The summed E-state index contributed by atoms with van der Waals surface area (Å²) in [6.07, 6.45) is 4.92. The molecule has 0 radical (unpaired) electrons. The molecular formula is C16H15N5O. The van der Waals surface area contributed by atoms with Crippen molar-refractivity contribution in [3.63, 3.8) is 0 Å². The van der Waals surface area contributed by atoms with E-state index in [0.717, 1.165) is 22.4 Å². The summed E-state index contributed by atoms with van der Waals surface area (Å²) >= 11 is 0. The van der Waals surface area contributed by atoms with Gasteiger partial charge in [0.15, 0.2) is 0 Å². The van der Waals surface area contributed by atoms with Crippen LogP contribution in [0.4, 0.5) is 0 Å². The number of imidazole rings is 1. The van der Waals surface area contributed by atoms with Crippen molar-refractivity contribution in [2.45, 2.75) is 13.5 Å². The molecule has 1 N–H and O–H groups in total. The number of aromatic nitrogens is 3. The summed E-state index contributed by atoms with van der Waals surface area (Å²) in [4.78, 5) is 20.4. The minimum atomic E-state index is -0.198. The number of hydrogen-bond acceptors (Lipinski definition) is 4. The van der Waals surface area contributed by atoms with Crippen molar-refractivity contribution >= 4 is 23.2 Å². The van der Waals surface area contributed by atoms with Crippen LogP contribution < -0.4 is 5.43 Å².